The van der Waals surface area contributed by atoms with Crippen molar-refractivity contribution < 1.29 is 4.79 Å². The fourth-order valence-electron chi connectivity index (χ4n) is 3.73. The minimum Gasteiger partial charge on any atom is -0.354 e. The Labute approximate surface area is 190 Å². The van der Waals surface area contributed by atoms with Gasteiger partial charge in [0.05, 0.1) is 11.6 Å². The quantitative estimate of drug-likeness (QED) is 0.665. The van der Waals surface area contributed by atoms with Crippen LogP contribution in [-0.4, -0.2) is 35.0 Å². The Balaban J connectivity index is 0.00000341. The van der Waals surface area contributed by atoms with Crippen LogP contribution in [-0.2, 0) is 11.2 Å². The number of hydrogen-bond donors (Lipinski definition) is 2. The third-order valence-corrected chi connectivity index (χ3v) is 5.32. The van der Waals surface area contributed by atoms with Gasteiger partial charge in [-0.1, -0.05) is 19.4 Å². The van der Waals surface area contributed by atoms with Crippen LogP contribution in [0.5, 0.6) is 0 Å². The van der Waals surface area contributed by atoms with Crippen LogP contribution < -0.4 is 15.5 Å². The Morgan fingerprint density at radius 1 is 1.32 bits per heavy atom. The molecule has 0 bridgehead atoms. The number of carbonyl (C=O) groups is 1. The molecule has 1 amide bonds. The van der Waals surface area contributed by atoms with Crippen molar-refractivity contribution in [1.29, 1.82) is 5.26 Å². The number of benzene rings is 1. The molecule has 1 aromatic carbocycles. The van der Waals surface area contributed by atoms with Gasteiger partial charge < -0.3 is 15.5 Å². The van der Waals surface area contributed by atoms with Gasteiger partial charge in [0, 0.05) is 43.5 Å². The van der Waals surface area contributed by atoms with Crippen LogP contribution in [0.2, 0.25) is 0 Å². The number of hydrogen-bond acceptors (Lipinski definition) is 6. The van der Waals surface area contributed by atoms with Gasteiger partial charge in [-0.3, -0.25) is 4.79 Å². The van der Waals surface area contributed by atoms with E-state index in [1.54, 1.807) is 6.92 Å². The number of aryl methyl sites for hydroxylation is 2. The zero-order valence-electron chi connectivity index (χ0n) is 18.4. The molecule has 7 nitrogen and oxygen atoms in total. The highest BCUT2D eigenvalue weighted by atomic mass is 35.5. The zero-order valence-corrected chi connectivity index (χ0v) is 19.3. The van der Waals surface area contributed by atoms with Gasteiger partial charge in [0.2, 0.25) is 11.9 Å². The number of piperidine rings is 1. The maximum atomic E-state index is 11.5. The average molecular weight is 443 g/mol. The molecule has 31 heavy (non-hydrogen) atoms. The van der Waals surface area contributed by atoms with Crippen molar-refractivity contribution in [3.8, 4) is 6.07 Å². The van der Waals surface area contributed by atoms with Crippen LogP contribution in [0.3, 0.4) is 0 Å². The highest BCUT2D eigenvalue weighted by molar-refractivity contribution is 5.85. The van der Waals surface area contributed by atoms with E-state index in [0.29, 0.717) is 11.5 Å². The molecule has 1 atom stereocenters. The predicted octanol–water partition coefficient (Wildman–Crippen LogP) is 4.27. The van der Waals surface area contributed by atoms with Crippen LogP contribution >= 0.6 is 12.4 Å². The summed E-state index contributed by atoms with van der Waals surface area (Å²) in [6, 6.07) is 10.1. The molecule has 0 saturated carbocycles. The van der Waals surface area contributed by atoms with Gasteiger partial charge in [0.1, 0.15) is 5.82 Å². The lowest BCUT2D eigenvalue weighted by Crippen LogP contribution is -2.47. The van der Waals surface area contributed by atoms with E-state index in [1.807, 2.05) is 25.1 Å². The van der Waals surface area contributed by atoms with Crippen LogP contribution in [0.1, 0.15) is 56.4 Å². The number of carbonyl (C=O) groups excluding carboxylic acids is 1. The fourth-order valence-corrected chi connectivity index (χ4v) is 3.73. The molecule has 166 valence electrons. The Bertz CT molecular complexity index is 942. The first-order chi connectivity index (χ1) is 14.5. The van der Waals surface area contributed by atoms with E-state index >= 15 is 0 Å². The number of nitrogens with zero attached hydrogens (tertiary/aromatic N) is 4. The van der Waals surface area contributed by atoms with Crippen molar-refractivity contribution in [1.82, 2.24) is 15.3 Å². The number of aromatic nitrogens is 2. The third kappa shape index (κ3) is 6.83. The maximum Gasteiger partial charge on any atom is 0.229 e. The summed E-state index contributed by atoms with van der Waals surface area (Å²) >= 11 is 0. The van der Waals surface area contributed by atoms with Gasteiger partial charge in [-0.15, -0.1) is 12.4 Å². The summed E-state index contributed by atoms with van der Waals surface area (Å²) < 4.78 is 0. The van der Waals surface area contributed by atoms with E-state index in [2.05, 4.69) is 34.6 Å². The van der Waals surface area contributed by atoms with E-state index in [1.165, 1.54) is 0 Å². The van der Waals surface area contributed by atoms with Crippen LogP contribution in [0.15, 0.2) is 24.3 Å². The second-order valence-electron chi connectivity index (χ2n) is 7.90. The largest absolute Gasteiger partial charge is 0.354 e. The van der Waals surface area contributed by atoms with Gasteiger partial charge >= 0.3 is 0 Å². The number of nitriles is 1. The molecule has 0 aliphatic carbocycles. The number of unbranched alkanes of at least 4 members (excludes halogenated alkanes) is 1. The summed E-state index contributed by atoms with van der Waals surface area (Å²) in [5, 5.41) is 15.6. The number of rotatable bonds is 7. The molecule has 1 fully saturated rings. The average Bonchev–Trinajstić information content (AvgIpc) is 2.73. The Morgan fingerprint density at radius 2 is 2.13 bits per heavy atom. The summed E-state index contributed by atoms with van der Waals surface area (Å²) in [4.78, 5) is 23.2. The fraction of sp³-hybridized carbons (Fsp3) is 0.478. The predicted molar refractivity (Wildman–Crippen MR) is 126 cm³/mol. The lowest BCUT2D eigenvalue weighted by Gasteiger charge is -2.34. The highest BCUT2D eigenvalue weighted by Gasteiger charge is 2.22. The SMILES string of the molecule is CCCCc1cc(N2CCC[C@@H](NC(C)=O)C2)nc(Nc2ccc(C)c(C#N)c2)n1.Cl. The van der Waals surface area contributed by atoms with Gasteiger partial charge in [0.15, 0.2) is 0 Å². The van der Waals surface area contributed by atoms with Crippen molar-refractivity contribution in [3.63, 3.8) is 0 Å². The van der Waals surface area contributed by atoms with Crippen LogP contribution in [0.25, 0.3) is 0 Å². The second-order valence-corrected chi connectivity index (χ2v) is 7.90. The maximum absolute atomic E-state index is 11.5. The number of halogens is 1. The molecule has 2 N–H and O–H groups in total. The molecule has 2 heterocycles. The van der Waals surface area contributed by atoms with E-state index in [9.17, 15) is 10.1 Å². The van der Waals surface area contributed by atoms with Gasteiger partial charge in [0.25, 0.3) is 0 Å². The van der Waals surface area contributed by atoms with E-state index in [-0.39, 0.29) is 24.4 Å². The molecule has 0 unspecified atom stereocenters. The first kappa shape index (κ1) is 24.4. The summed E-state index contributed by atoms with van der Waals surface area (Å²) in [6.07, 6.45) is 5.04. The normalized spacial score (nSPS) is 15.5. The molecule has 0 spiro atoms. The highest BCUT2D eigenvalue weighted by Crippen LogP contribution is 2.24. The molecule has 1 aliphatic heterocycles. The molecular formula is C23H31ClN6O. The molecule has 3 rings (SSSR count). The first-order valence-electron chi connectivity index (χ1n) is 10.7. The zero-order chi connectivity index (χ0) is 21.5. The van der Waals surface area contributed by atoms with Crippen molar-refractivity contribution in [3.05, 3.63) is 41.1 Å². The Kier molecular flexibility index (Phi) is 9.07. The van der Waals surface area contributed by atoms with Crippen molar-refractivity contribution in [2.24, 2.45) is 0 Å². The second kappa shape index (κ2) is 11.5. The third-order valence-electron chi connectivity index (χ3n) is 5.32. The molecule has 1 aromatic heterocycles. The summed E-state index contributed by atoms with van der Waals surface area (Å²) in [6.45, 7) is 7.30. The summed E-state index contributed by atoms with van der Waals surface area (Å²) in [5.41, 5.74) is 3.37. The molecule has 1 aliphatic rings. The lowest BCUT2D eigenvalue weighted by atomic mass is 10.1. The Hall–Kier alpha value is -2.85. The van der Waals surface area contributed by atoms with Crippen molar-refractivity contribution in [2.75, 3.05) is 23.3 Å². The molecular weight excluding hydrogens is 412 g/mol. The van der Waals surface area contributed by atoms with Gasteiger partial charge in [-0.05, 0) is 50.3 Å². The number of nitrogens with one attached hydrogen (secondary N) is 2. The standard InChI is InChI=1S/C23H30N6O.ClH/c1-4-5-7-19-13-22(29-11-6-8-21(15-29)25-17(3)30)28-23(26-19)27-20-10-9-16(2)18(12-20)14-24;/h9-10,12-13,21H,4-8,11,15H2,1-3H3,(H,25,30)(H,26,27,28);1H/t21-;/m1./s1. The monoisotopic (exact) mass is 442 g/mol. The minimum absolute atomic E-state index is 0. The number of amides is 1. The topological polar surface area (TPSA) is 93.9 Å². The minimum atomic E-state index is 0. The molecule has 8 heteroatoms. The molecule has 1 saturated heterocycles. The van der Waals surface area contributed by atoms with E-state index in [0.717, 1.165) is 68.0 Å². The summed E-state index contributed by atoms with van der Waals surface area (Å²) in [7, 11) is 0. The molecule has 0 radical (unpaired) electrons. The van der Waals surface area contributed by atoms with Gasteiger partial charge in [-0.2, -0.15) is 10.2 Å². The van der Waals surface area contributed by atoms with Gasteiger partial charge in [-0.25, -0.2) is 4.98 Å². The summed E-state index contributed by atoms with van der Waals surface area (Å²) in [5.74, 6) is 1.41. The van der Waals surface area contributed by atoms with Crippen molar-refractivity contribution >= 4 is 35.8 Å². The van der Waals surface area contributed by atoms with Crippen LogP contribution in [0.4, 0.5) is 17.5 Å². The smallest absolute Gasteiger partial charge is 0.229 e. The van der Waals surface area contributed by atoms with E-state index in [4.69, 9.17) is 9.97 Å². The lowest BCUT2D eigenvalue weighted by molar-refractivity contribution is -0.119. The first-order valence-corrected chi connectivity index (χ1v) is 10.7. The molecule has 2 aromatic rings. The number of anilines is 3. The van der Waals surface area contributed by atoms with Crippen molar-refractivity contribution in [2.45, 2.75) is 58.9 Å². The Morgan fingerprint density at radius 3 is 2.84 bits per heavy atom. The van der Waals surface area contributed by atoms with E-state index < -0.39 is 0 Å². The van der Waals surface area contributed by atoms with Crippen LogP contribution in [0, 0.1) is 18.3 Å².